The van der Waals surface area contributed by atoms with Gasteiger partial charge in [-0.05, 0) is 12.8 Å². The highest BCUT2D eigenvalue weighted by Crippen LogP contribution is 2.10. The van der Waals surface area contributed by atoms with Gasteiger partial charge in [-0.15, -0.1) is 0 Å². The van der Waals surface area contributed by atoms with E-state index in [9.17, 15) is 9.59 Å². The number of unbranched alkanes of at least 4 members (excludes halogenated alkanes) is 2. The number of rotatable bonds is 7. The molecule has 0 radical (unpaired) electrons. The van der Waals surface area contributed by atoms with Gasteiger partial charge in [-0.2, -0.15) is 0 Å². The Morgan fingerprint density at radius 2 is 1.77 bits per heavy atom. The summed E-state index contributed by atoms with van der Waals surface area (Å²) in [6, 6.07) is 0. The van der Waals surface area contributed by atoms with Crippen molar-refractivity contribution in [1.82, 2.24) is 0 Å². The number of carboxylic acids is 2. The summed E-state index contributed by atoms with van der Waals surface area (Å²) in [7, 11) is 0. The minimum Gasteiger partial charge on any atom is -0.481 e. The van der Waals surface area contributed by atoms with E-state index in [4.69, 9.17) is 10.2 Å². The lowest BCUT2D eigenvalue weighted by Gasteiger charge is -2.04. The summed E-state index contributed by atoms with van der Waals surface area (Å²) in [5, 5.41) is 16.8. The summed E-state index contributed by atoms with van der Waals surface area (Å²) < 4.78 is 0. The van der Waals surface area contributed by atoms with Crippen LogP contribution in [0.4, 0.5) is 0 Å². The van der Waals surface area contributed by atoms with Gasteiger partial charge in [-0.1, -0.05) is 19.8 Å². The molecule has 0 aromatic heterocycles. The van der Waals surface area contributed by atoms with Crippen LogP contribution in [0.5, 0.6) is 0 Å². The molecule has 0 amide bonds. The zero-order valence-electron chi connectivity index (χ0n) is 7.82. The van der Waals surface area contributed by atoms with Gasteiger partial charge >= 0.3 is 11.9 Å². The molecule has 4 heteroatoms. The Balaban J connectivity index is 3.26. The highest BCUT2D eigenvalue weighted by atomic mass is 16.4. The van der Waals surface area contributed by atoms with Crippen molar-refractivity contribution in [3.8, 4) is 0 Å². The number of hydrogen-bond acceptors (Lipinski definition) is 2. The van der Waals surface area contributed by atoms with Crippen LogP contribution in [0.2, 0.25) is 0 Å². The van der Waals surface area contributed by atoms with E-state index in [2.05, 4.69) is 0 Å². The third-order valence-electron chi connectivity index (χ3n) is 1.95. The quantitative estimate of drug-likeness (QED) is 0.597. The third-order valence-corrected chi connectivity index (χ3v) is 1.95. The monoisotopic (exact) mass is 188 g/mol. The SMILES string of the molecule is CC(CCCCCC(=O)O)C(=O)O. The second-order valence-corrected chi connectivity index (χ2v) is 3.23. The average molecular weight is 188 g/mol. The Morgan fingerprint density at radius 1 is 1.15 bits per heavy atom. The lowest BCUT2D eigenvalue weighted by Crippen LogP contribution is -2.08. The van der Waals surface area contributed by atoms with Gasteiger partial charge in [-0.25, -0.2) is 0 Å². The molecule has 0 spiro atoms. The molecular formula is C9H16O4. The fourth-order valence-corrected chi connectivity index (χ4v) is 1.03. The highest BCUT2D eigenvalue weighted by molar-refractivity contribution is 5.69. The molecule has 0 aromatic carbocycles. The predicted octanol–water partition coefficient (Wildman–Crippen LogP) is 1.74. The van der Waals surface area contributed by atoms with Gasteiger partial charge in [-0.3, -0.25) is 9.59 Å². The van der Waals surface area contributed by atoms with Crippen LogP contribution >= 0.6 is 0 Å². The van der Waals surface area contributed by atoms with Crippen LogP contribution in [0, 0.1) is 5.92 Å². The second kappa shape index (κ2) is 6.46. The van der Waals surface area contributed by atoms with Crippen molar-refractivity contribution in [2.24, 2.45) is 5.92 Å². The zero-order valence-corrected chi connectivity index (χ0v) is 7.82. The molecule has 1 unspecified atom stereocenters. The first-order valence-electron chi connectivity index (χ1n) is 4.48. The second-order valence-electron chi connectivity index (χ2n) is 3.23. The molecule has 0 saturated carbocycles. The van der Waals surface area contributed by atoms with E-state index >= 15 is 0 Å². The number of carbonyl (C=O) groups is 2. The molecule has 2 N–H and O–H groups in total. The number of aliphatic carboxylic acids is 2. The largest absolute Gasteiger partial charge is 0.481 e. The van der Waals surface area contributed by atoms with Crippen molar-refractivity contribution in [1.29, 1.82) is 0 Å². The van der Waals surface area contributed by atoms with E-state index in [0.717, 1.165) is 12.8 Å². The summed E-state index contributed by atoms with van der Waals surface area (Å²) in [6.07, 6.45) is 3.04. The maximum atomic E-state index is 10.4. The van der Waals surface area contributed by atoms with Gasteiger partial charge in [0.2, 0.25) is 0 Å². The van der Waals surface area contributed by atoms with E-state index in [0.29, 0.717) is 12.8 Å². The molecule has 0 saturated heterocycles. The predicted molar refractivity (Wildman–Crippen MR) is 47.5 cm³/mol. The smallest absolute Gasteiger partial charge is 0.306 e. The summed E-state index contributed by atoms with van der Waals surface area (Å²) >= 11 is 0. The molecule has 76 valence electrons. The first-order chi connectivity index (χ1) is 6.04. The van der Waals surface area contributed by atoms with Crippen LogP contribution in [0.3, 0.4) is 0 Å². The number of carboxylic acid groups (broad SMARTS) is 2. The summed E-state index contributed by atoms with van der Waals surface area (Å²) in [4.78, 5) is 20.5. The van der Waals surface area contributed by atoms with Gasteiger partial charge in [0.15, 0.2) is 0 Å². The number of hydrogen-bond donors (Lipinski definition) is 2. The standard InChI is InChI=1S/C9H16O4/c1-7(9(12)13)5-3-2-4-6-8(10)11/h7H,2-6H2,1H3,(H,10,11)(H,12,13). The zero-order chi connectivity index (χ0) is 10.3. The fourth-order valence-electron chi connectivity index (χ4n) is 1.03. The topological polar surface area (TPSA) is 74.6 Å². The Hall–Kier alpha value is -1.06. The highest BCUT2D eigenvalue weighted by Gasteiger charge is 2.09. The maximum Gasteiger partial charge on any atom is 0.306 e. The molecule has 0 aliphatic carbocycles. The summed E-state index contributed by atoms with van der Waals surface area (Å²) in [5.74, 6) is -1.88. The minimum atomic E-state index is -0.786. The molecule has 0 fully saturated rings. The van der Waals surface area contributed by atoms with Gasteiger partial charge in [0.25, 0.3) is 0 Å². The lowest BCUT2D eigenvalue weighted by molar-refractivity contribution is -0.141. The van der Waals surface area contributed by atoms with Crippen LogP contribution in [0.1, 0.15) is 39.0 Å². The Morgan fingerprint density at radius 3 is 2.23 bits per heavy atom. The Kier molecular flexibility index (Phi) is 5.93. The lowest BCUT2D eigenvalue weighted by atomic mass is 10.0. The Labute approximate surface area is 77.6 Å². The van der Waals surface area contributed by atoms with Gasteiger partial charge in [0, 0.05) is 6.42 Å². The van der Waals surface area contributed by atoms with Gasteiger partial charge in [0.1, 0.15) is 0 Å². The van der Waals surface area contributed by atoms with Crippen molar-refractivity contribution >= 4 is 11.9 Å². The van der Waals surface area contributed by atoms with Crippen LogP contribution in [-0.4, -0.2) is 22.2 Å². The van der Waals surface area contributed by atoms with Crippen molar-refractivity contribution in [3.05, 3.63) is 0 Å². The summed E-state index contributed by atoms with van der Waals surface area (Å²) in [5.41, 5.74) is 0. The summed E-state index contributed by atoms with van der Waals surface area (Å²) in [6.45, 7) is 1.67. The van der Waals surface area contributed by atoms with E-state index < -0.39 is 11.9 Å². The normalized spacial score (nSPS) is 12.4. The molecule has 0 bridgehead atoms. The van der Waals surface area contributed by atoms with Crippen LogP contribution < -0.4 is 0 Å². The van der Waals surface area contributed by atoms with E-state index in [-0.39, 0.29) is 12.3 Å². The van der Waals surface area contributed by atoms with Gasteiger partial charge in [0.05, 0.1) is 5.92 Å². The molecule has 1 atom stereocenters. The van der Waals surface area contributed by atoms with Crippen LogP contribution in [-0.2, 0) is 9.59 Å². The van der Waals surface area contributed by atoms with Crippen molar-refractivity contribution in [3.63, 3.8) is 0 Å². The first-order valence-corrected chi connectivity index (χ1v) is 4.48. The molecule has 0 aliphatic heterocycles. The molecule has 0 heterocycles. The maximum absolute atomic E-state index is 10.4. The third kappa shape index (κ3) is 7.31. The van der Waals surface area contributed by atoms with E-state index in [1.54, 1.807) is 6.92 Å². The molecule has 13 heavy (non-hydrogen) atoms. The fraction of sp³-hybridized carbons (Fsp3) is 0.778. The Bertz CT molecular complexity index is 176. The molecular weight excluding hydrogens is 172 g/mol. The van der Waals surface area contributed by atoms with Crippen LogP contribution in [0.15, 0.2) is 0 Å². The molecule has 4 nitrogen and oxygen atoms in total. The van der Waals surface area contributed by atoms with E-state index in [1.807, 2.05) is 0 Å². The van der Waals surface area contributed by atoms with Crippen molar-refractivity contribution < 1.29 is 19.8 Å². The van der Waals surface area contributed by atoms with Crippen LogP contribution in [0.25, 0.3) is 0 Å². The molecule has 0 aromatic rings. The van der Waals surface area contributed by atoms with E-state index in [1.165, 1.54) is 0 Å². The van der Waals surface area contributed by atoms with Crippen molar-refractivity contribution in [2.75, 3.05) is 0 Å². The van der Waals surface area contributed by atoms with Gasteiger partial charge < -0.3 is 10.2 Å². The molecule has 0 aliphatic rings. The van der Waals surface area contributed by atoms with Crippen molar-refractivity contribution in [2.45, 2.75) is 39.0 Å². The molecule has 0 rings (SSSR count). The first kappa shape index (κ1) is 11.9. The minimum absolute atomic E-state index is 0.182. The average Bonchev–Trinajstić information content (AvgIpc) is 2.02.